The minimum absolute atomic E-state index is 0.0868. The summed E-state index contributed by atoms with van der Waals surface area (Å²) in [5.74, 6) is 2.22. The van der Waals surface area contributed by atoms with Gasteiger partial charge in [0, 0.05) is 27.5 Å². The standard InChI is InChI=1S/C52H42O5/c1-52(43-20-18-37(19-21-43)51-32-42-12-6-7-13-48(42)57-51,44-22-24-49(55-28-26-53)46(33-44)40-16-14-35-8-2-4-10-38(35)30-40)45-23-25-50(56-29-27-54)47(34-45)41-17-15-36-9-3-5-11-39(36)31-41/h2-25,30-34,53-54H,26-29H2,1H3. The predicted octanol–water partition coefficient (Wildman–Crippen LogP) is 11.8. The molecule has 0 aliphatic rings. The number of benzene rings is 8. The molecule has 0 fully saturated rings. The van der Waals surface area contributed by atoms with Gasteiger partial charge in [0.15, 0.2) is 0 Å². The predicted molar refractivity (Wildman–Crippen MR) is 231 cm³/mol. The highest BCUT2D eigenvalue weighted by atomic mass is 16.5. The third-order valence-corrected chi connectivity index (χ3v) is 11.1. The molecule has 0 saturated heterocycles. The molecule has 0 atom stereocenters. The maximum atomic E-state index is 9.76. The van der Waals surface area contributed by atoms with E-state index in [1.807, 2.05) is 30.3 Å². The summed E-state index contributed by atoms with van der Waals surface area (Å²) in [7, 11) is 0. The van der Waals surface area contributed by atoms with Crippen molar-refractivity contribution in [1.29, 1.82) is 0 Å². The van der Waals surface area contributed by atoms with Gasteiger partial charge in [-0.15, -0.1) is 0 Å². The SMILES string of the molecule is CC(c1ccc(-c2cc3ccccc3o2)cc1)(c1ccc(OCCO)c(-c2ccc3ccccc3c2)c1)c1ccc(OCCO)c(-c2ccc3ccccc3c2)c1. The largest absolute Gasteiger partial charge is 0.491 e. The Morgan fingerprint density at radius 1 is 0.439 bits per heavy atom. The monoisotopic (exact) mass is 746 g/mol. The molecular formula is C52H42O5. The number of rotatable bonds is 12. The molecule has 0 saturated carbocycles. The minimum atomic E-state index is -0.672. The van der Waals surface area contributed by atoms with E-state index in [0.29, 0.717) is 11.5 Å². The van der Waals surface area contributed by atoms with E-state index in [9.17, 15) is 10.2 Å². The van der Waals surface area contributed by atoms with Gasteiger partial charge in [0.2, 0.25) is 0 Å². The van der Waals surface area contributed by atoms with Gasteiger partial charge in [-0.05, 0) is 105 Å². The number of para-hydroxylation sites is 1. The van der Waals surface area contributed by atoms with Gasteiger partial charge in [-0.3, -0.25) is 0 Å². The lowest BCUT2D eigenvalue weighted by Gasteiger charge is -2.33. The van der Waals surface area contributed by atoms with Gasteiger partial charge in [-0.25, -0.2) is 0 Å². The van der Waals surface area contributed by atoms with Crippen molar-refractivity contribution in [3.8, 4) is 45.1 Å². The van der Waals surface area contributed by atoms with Crippen LogP contribution in [0, 0.1) is 0 Å². The number of aliphatic hydroxyl groups excluding tert-OH is 2. The topological polar surface area (TPSA) is 72.1 Å². The third-order valence-electron chi connectivity index (χ3n) is 11.1. The van der Waals surface area contributed by atoms with Crippen LogP contribution < -0.4 is 9.47 Å². The quantitative estimate of drug-likeness (QED) is 0.122. The Balaban J connectivity index is 1.24. The number of hydrogen-bond acceptors (Lipinski definition) is 5. The second-order valence-corrected chi connectivity index (χ2v) is 14.5. The lowest BCUT2D eigenvalue weighted by molar-refractivity contribution is 0.202. The number of furan rings is 1. The molecule has 0 amide bonds. The van der Waals surface area contributed by atoms with Crippen LogP contribution in [0.4, 0.5) is 0 Å². The van der Waals surface area contributed by atoms with Crippen molar-refractivity contribution in [2.24, 2.45) is 0 Å². The Bertz CT molecular complexity index is 2680. The molecule has 5 nitrogen and oxygen atoms in total. The van der Waals surface area contributed by atoms with E-state index in [1.54, 1.807) is 0 Å². The van der Waals surface area contributed by atoms with Crippen molar-refractivity contribution in [1.82, 2.24) is 0 Å². The second kappa shape index (κ2) is 15.5. The molecule has 8 aromatic carbocycles. The van der Waals surface area contributed by atoms with Crippen molar-refractivity contribution >= 4 is 32.5 Å². The Morgan fingerprint density at radius 2 is 0.895 bits per heavy atom. The summed E-state index contributed by atoms with van der Waals surface area (Å²) >= 11 is 0. The fraction of sp³-hybridized carbons (Fsp3) is 0.115. The van der Waals surface area contributed by atoms with Crippen LogP contribution in [0.5, 0.6) is 11.5 Å². The average Bonchev–Trinajstić information content (AvgIpc) is 3.72. The Morgan fingerprint density at radius 3 is 1.40 bits per heavy atom. The Kier molecular flexibility index (Phi) is 9.77. The first-order valence-corrected chi connectivity index (χ1v) is 19.4. The maximum absolute atomic E-state index is 9.76. The highest BCUT2D eigenvalue weighted by Crippen LogP contribution is 2.46. The van der Waals surface area contributed by atoms with Crippen molar-refractivity contribution in [2.75, 3.05) is 26.4 Å². The summed E-state index contributed by atoms with van der Waals surface area (Å²) in [6.07, 6.45) is 0. The van der Waals surface area contributed by atoms with Crippen molar-refractivity contribution in [3.63, 3.8) is 0 Å². The van der Waals surface area contributed by atoms with Gasteiger partial charge in [0.1, 0.15) is 36.1 Å². The number of ether oxygens (including phenoxy) is 2. The van der Waals surface area contributed by atoms with Gasteiger partial charge in [-0.2, -0.15) is 0 Å². The highest BCUT2D eigenvalue weighted by Gasteiger charge is 2.33. The second-order valence-electron chi connectivity index (χ2n) is 14.5. The van der Waals surface area contributed by atoms with E-state index in [2.05, 4.69) is 153 Å². The van der Waals surface area contributed by atoms with Crippen LogP contribution in [-0.4, -0.2) is 36.6 Å². The van der Waals surface area contributed by atoms with Crippen LogP contribution in [0.2, 0.25) is 0 Å². The zero-order chi connectivity index (χ0) is 38.8. The Hall–Kier alpha value is -6.66. The fourth-order valence-corrected chi connectivity index (χ4v) is 8.00. The lowest BCUT2D eigenvalue weighted by atomic mass is 9.70. The van der Waals surface area contributed by atoms with Crippen LogP contribution in [0.1, 0.15) is 23.6 Å². The smallest absolute Gasteiger partial charge is 0.135 e. The van der Waals surface area contributed by atoms with E-state index >= 15 is 0 Å². The summed E-state index contributed by atoms with van der Waals surface area (Å²) in [6.45, 7) is 2.47. The molecular weight excluding hydrogens is 705 g/mol. The minimum Gasteiger partial charge on any atom is -0.491 e. The summed E-state index contributed by atoms with van der Waals surface area (Å²) in [5.41, 5.74) is 8.32. The number of aliphatic hydroxyl groups is 2. The molecule has 0 spiro atoms. The molecule has 5 heteroatoms. The number of hydrogen-bond donors (Lipinski definition) is 2. The van der Waals surface area contributed by atoms with Crippen molar-refractivity contribution in [3.05, 3.63) is 193 Å². The van der Waals surface area contributed by atoms with Crippen LogP contribution in [0.25, 0.3) is 66.1 Å². The van der Waals surface area contributed by atoms with Crippen molar-refractivity contribution in [2.45, 2.75) is 12.3 Å². The van der Waals surface area contributed by atoms with E-state index < -0.39 is 5.41 Å². The van der Waals surface area contributed by atoms with Crippen molar-refractivity contribution < 1.29 is 24.1 Å². The average molecular weight is 747 g/mol. The number of fused-ring (bicyclic) bond motifs is 3. The van der Waals surface area contributed by atoms with Crippen LogP contribution >= 0.6 is 0 Å². The van der Waals surface area contributed by atoms with Gasteiger partial charge >= 0.3 is 0 Å². The van der Waals surface area contributed by atoms with E-state index in [-0.39, 0.29) is 26.4 Å². The third kappa shape index (κ3) is 6.93. The van der Waals surface area contributed by atoms with E-state index in [4.69, 9.17) is 13.9 Å². The van der Waals surface area contributed by atoms with E-state index in [0.717, 1.165) is 82.8 Å². The van der Waals surface area contributed by atoms with E-state index in [1.165, 1.54) is 0 Å². The Labute approximate surface area is 332 Å². The molecule has 1 heterocycles. The molecule has 9 rings (SSSR count). The van der Waals surface area contributed by atoms with Crippen LogP contribution in [-0.2, 0) is 5.41 Å². The molecule has 57 heavy (non-hydrogen) atoms. The molecule has 2 N–H and O–H groups in total. The summed E-state index contributed by atoms with van der Waals surface area (Å²) < 4.78 is 18.6. The molecule has 0 aliphatic heterocycles. The normalized spacial score (nSPS) is 11.7. The molecule has 0 bridgehead atoms. The van der Waals surface area contributed by atoms with Gasteiger partial charge in [-0.1, -0.05) is 127 Å². The maximum Gasteiger partial charge on any atom is 0.135 e. The first-order valence-electron chi connectivity index (χ1n) is 19.4. The summed E-state index contributed by atoms with van der Waals surface area (Å²) in [4.78, 5) is 0. The summed E-state index contributed by atoms with van der Waals surface area (Å²) in [5, 5.41) is 25.2. The zero-order valence-electron chi connectivity index (χ0n) is 31.7. The van der Waals surface area contributed by atoms with Gasteiger partial charge in [0.05, 0.1) is 13.2 Å². The summed E-state index contributed by atoms with van der Waals surface area (Å²) in [6, 6.07) is 61.3. The molecule has 0 radical (unpaired) electrons. The van der Waals surface area contributed by atoms with Gasteiger partial charge < -0.3 is 24.1 Å². The van der Waals surface area contributed by atoms with Crippen LogP contribution in [0.15, 0.2) is 180 Å². The van der Waals surface area contributed by atoms with Crippen LogP contribution in [0.3, 0.4) is 0 Å². The molecule has 0 unspecified atom stereocenters. The molecule has 9 aromatic rings. The first kappa shape index (κ1) is 36.0. The highest BCUT2D eigenvalue weighted by molar-refractivity contribution is 5.90. The molecule has 280 valence electrons. The lowest BCUT2D eigenvalue weighted by Crippen LogP contribution is -2.25. The first-order chi connectivity index (χ1) is 28.0. The zero-order valence-corrected chi connectivity index (χ0v) is 31.7. The fourth-order valence-electron chi connectivity index (χ4n) is 8.00. The molecule has 1 aromatic heterocycles. The van der Waals surface area contributed by atoms with Gasteiger partial charge in [0.25, 0.3) is 0 Å². The molecule has 0 aliphatic carbocycles.